The van der Waals surface area contributed by atoms with Crippen LogP contribution in [0, 0.1) is 11.7 Å². The number of nitrogens with one attached hydrogen (secondary N) is 1. The lowest BCUT2D eigenvalue weighted by Crippen LogP contribution is -2.22. The molecule has 1 aromatic rings. The standard InChI is InChI=1S/C12H15ClFNO2/c1-3-17-12(16)8(2)7-15-11-5-9(13)4-10(14)6-11/h4-6,8,15H,3,7H2,1-2H3. The third-order valence-electron chi connectivity index (χ3n) is 2.16. The van der Waals surface area contributed by atoms with Crippen molar-refractivity contribution < 1.29 is 13.9 Å². The van der Waals surface area contributed by atoms with Gasteiger partial charge in [0.25, 0.3) is 0 Å². The third-order valence-corrected chi connectivity index (χ3v) is 2.38. The van der Waals surface area contributed by atoms with Gasteiger partial charge < -0.3 is 10.1 Å². The van der Waals surface area contributed by atoms with Crippen LogP contribution in [0.5, 0.6) is 0 Å². The fourth-order valence-corrected chi connectivity index (χ4v) is 1.52. The molecule has 0 aromatic heterocycles. The Morgan fingerprint density at radius 1 is 1.53 bits per heavy atom. The topological polar surface area (TPSA) is 38.3 Å². The van der Waals surface area contributed by atoms with Gasteiger partial charge in [0.1, 0.15) is 5.82 Å². The lowest BCUT2D eigenvalue weighted by atomic mass is 10.2. The highest BCUT2D eigenvalue weighted by molar-refractivity contribution is 6.30. The first-order valence-electron chi connectivity index (χ1n) is 5.39. The summed E-state index contributed by atoms with van der Waals surface area (Å²) in [6, 6.07) is 4.15. The van der Waals surface area contributed by atoms with Crippen LogP contribution in [0.3, 0.4) is 0 Å². The van der Waals surface area contributed by atoms with Crippen LogP contribution in [0.2, 0.25) is 5.02 Å². The molecule has 17 heavy (non-hydrogen) atoms. The number of carbonyl (C=O) groups is 1. The summed E-state index contributed by atoms with van der Waals surface area (Å²) in [5.41, 5.74) is 0.547. The second-order valence-corrected chi connectivity index (χ2v) is 4.13. The first-order valence-corrected chi connectivity index (χ1v) is 5.77. The van der Waals surface area contributed by atoms with Gasteiger partial charge in [-0.3, -0.25) is 4.79 Å². The van der Waals surface area contributed by atoms with E-state index >= 15 is 0 Å². The second kappa shape index (κ2) is 6.45. The molecule has 1 N–H and O–H groups in total. The van der Waals surface area contributed by atoms with Gasteiger partial charge in [0.15, 0.2) is 0 Å². The third kappa shape index (κ3) is 4.61. The van der Waals surface area contributed by atoms with Crippen LogP contribution in [0.25, 0.3) is 0 Å². The molecule has 0 aliphatic rings. The van der Waals surface area contributed by atoms with Crippen LogP contribution in [0.15, 0.2) is 18.2 Å². The highest BCUT2D eigenvalue weighted by atomic mass is 35.5. The van der Waals surface area contributed by atoms with Gasteiger partial charge in [-0.15, -0.1) is 0 Å². The number of carbonyl (C=O) groups excluding carboxylic acids is 1. The molecule has 0 saturated heterocycles. The van der Waals surface area contributed by atoms with Gasteiger partial charge in [-0.2, -0.15) is 0 Å². The van der Waals surface area contributed by atoms with Crippen molar-refractivity contribution in [3.63, 3.8) is 0 Å². The molecule has 0 aliphatic heterocycles. The van der Waals surface area contributed by atoms with Crippen LogP contribution in [0.1, 0.15) is 13.8 Å². The van der Waals surface area contributed by atoms with E-state index in [9.17, 15) is 9.18 Å². The summed E-state index contributed by atoms with van der Waals surface area (Å²) >= 11 is 5.71. The first kappa shape index (κ1) is 13.8. The van der Waals surface area contributed by atoms with Gasteiger partial charge in [0.2, 0.25) is 0 Å². The quantitative estimate of drug-likeness (QED) is 0.826. The van der Waals surface area contributed by atoms with E-state index in [4.69, 9.17) is 16.3 Å². The van der Waals surface area contributed by atoms with E-state index in [2.05, 4.69) is 5.32 Å². The minimum absolute atomic E-state index is 0.275. The summed E-state index contributed by atoms with van der Waals surface area (Å²) in [5, 5.41) is 3.26. The smallest absolute Gasteiger partial charge is 0.310 e. The average Bonchev–Trinajstić information content (AvgIpc) is 2.25. The molecule has 1 rings (SSSR count). The summed E-state index contributed by atoms with van der Waals surface area (Å²) in [7, 11) is 0. The molecule has 0 radical (unpaired) electrons. The molecule has 1 aromatic carbocycles. The van der Waals surface area contributed by atoms with Crippen LogP contribution in [-0.4, -0.2) is 19.1 Å². The van der Waals surface area contributed by atoms with Gasteiger partial charge >= 0.3 is 5.97 Å². The predicted octanol–water partition coefficient (Wildman–Crippen LogP) is 3.09. The number of anilines is 1. The molecule has 0 heterocycles. The Kier molecular flexibility index (Phi) is 5.22. The SMILES string of the molecule is CCOC(=O)C(C)CNc1cc(F)cc(Cl)c1. The molecule has 1 unspecified atom stereocenters. The molecule has 94 valence electrons. The number of rotatable bonds is 5. The van der Waals surface area contributed by atoms with Gasteiger partial charge in [-0.1, -0.05) is 18.5 Å². The molecule has 0 amide bonds. The fraction of sp³-hybridized carbons (Fsp3) is 0.417. The number of benzene rings is 1. The molecule has 5 heteroatoms. The summed E-state index contributed by atoms with van der Waals surface area (Å²) < 4.78 is 17.9. The van der Waals surface area contributed by atoms with Crippen molar-refractivity contribution in [3.8, 4) is 0 Å². The minimum Gasteiger partial charge on any atom is -0.466 e. The maximum absolute atomic E-state index is 13.0. The Hall–Kier alpha value is -1.29. The van der Waals surface area contributed by atoms with Gasteiger partial charge in [0, 0.05) is 17.3 Å². The first-order chi connectivity index (χ1) is 8.02. The lowest BCUT2D eigenvalue weighted by Gasteiger charge is -2.12. The highest BCUT2D eigenvalue weighted by Crippen LogP contribution is 2.18. The lowest BCUT2D eigenvalue weighted by molar-refractivity contribution is -0.146. The zero-order valence-corrected chi connectivity index (χ0v) is 10.6. The molecule has 0 saturated carbocycles. The summed E-state index contributed by atoms with van der Waals surface area (Å²) in [5.74, 6) is -0.983. The maximum atomic E-state index is 13.0. The van der Waals surface area contributed by atoms with Crippen LogP contribution < -0.4 is 5.32 Å². The van der Waals surface area contributed by atoms with E-state index in [1.165, 1.54) is 12.1 Å². The van der Waals surface area contributed by atoms with Gasteiger partial charge in [-0.05, 0) is 25.1 Å². The van der Waals surface area contributed by atoms with E-state index < -0.39 is 5.82 Å². The molecular weight excluding hydrogens is 245 g/mol. The summed E-state index contributed by atoms with van der Waals surface area (Å²) in [6.07, 6.45) is 0. The van der Waals surface area contributed by atoms with Crippen molar-refractivity contribution in [2.45, 2.75) is 13.8 Å². The number of ether oxygens (including phenoxy) is 1. The van der Waals surface area contributed by atoms with E-state index in [-0.39, 0.29) is 11.9 Å². The van der Waals surface area contributed by atoms with E-state index in [1.54, 1.807) is 19.9 Å². The number of hydrogen-bond donors (Lipinski definition) is 1. The van der Waals surface area contributed by atoms with Crippen LogP contribution >= 0.6 is 11.6 Å². The molecule has 3 nitrogen and oxygen atoms in total. The van der Waals surface area contributed by atoms with Gasteiger partial charge in [0.05, 0.1) is 12.5 Å². The zero-order chi connectivity index (χ0) is 12.8. The molecule has 0 spiro atoms. The summed E-state index contributed by atoms with van der Waals surface area (Å²) in [4.78, 5) is 11.3. The molecule has 0 bridgehead atoms. The molecule has 0 fully saturated rings. The van der Waals surface area contributed by atoms with E-state index in [0.717, 1.165) is 0 Å². The van der Waals surface area contributed by atoms with Gasteiger partial charge in [-0.25, -0.2) is 4.39 Å². The molecule has 1 atom stereocenters. The van der Waals surface area contributed by atoms with Crippen LogP contribution in [-0.2, 0) is 9.53 Å². The van der Waals surface area contributed by atoms with Crippen molar-refractivity contribution in [2.75, 3.05) is 18.5 Å². The van der Waals surface area contributed by atoms with E-state index in [1.807, 2.05) is 0 Å². The van der Waals surface area contributed by atoms with Crippen molar-refractivity contribution in [1.82, 2.24) is 0 Å². The Bertz CT molecular complexity index is 378. The van der Waals surface area contributed by atoms with Crippen LogP contribution in [0.4, 0.5) is 10.1 Å². The highest BCUT2D eigenvalue weighted by Gasteiger charge is 2.13. The largest absolute Gasteiger partial charge is 0.466 e. The summed E-state index contributed by atoms with van der Waals surface area (Å²) in [6.45, 7) is 4.23. The monoisotopic (exact) mass is 259 g/mol. The zero-order valence-electron chi connectivity index (χ0n) is 9.80. The number of esters is 1. The Morgan fingerprint density at radius 2 is 2.24 bits per heavy atom. The van der Waals surface area contributed by atoms with Crippen molar-refractivity contribution in [2.24, 2.45) is 5.92 Å². The second-order valence-electron chi connectivity index (χ2n) is 3.69. The van der Waals surface area contributed by atoms with Crippen molar-refractivity contribution >= 4 is 23.3 Å². The molecule has 0 aliphatic carbocycles. The Labute approximate surface area is 105 Å². The Morgan fingerprint density at radius 3 is 2.82 bits per heavy atom. The van der Waals surface area contributed by atoms with Crippen molar-refractivity contribution in [3.05, 3.63) is 29.0 Å². The normalized spacial score (nSPS) is 12.0. The average molecular weight is 260 g/mol. The molecular formula is C12H15ClFNO2. The predicted molar refractivity (Wildman–Crippen MR) is 65.7 cm³/mol. The Balaban J connectivity index is 2.52. The number of hydrogen-bond acceptors (Lipinski definition) is 3. The maximum Gasteiger partial charge on any atom is 0.310 e. The minimum atomic E-state index is -0.413. The number of halogens is 2. The van der Waals surface area contributed by atoms with Crippen molar-refractivity contribution in [1.29, 1.82) is 0 Å². The van der Waals surface area contributed by atoms with E-state index in [0.29, 0.717) is 23.9 Å². The fourth-order valence-electron chi connectivity index (χ4n) is 1.29.